The third-order valence-electron chi connectivity index (χ3n) is 4.54. The maximum absolute atomic E-state index is 12.4. The number of para-hydroxylation sites is 1. The molecule has 0 aliphatic carbocycles. The average Bonchev–Trinajstić information content (AvgIpc) is 3.09. The molecule has 134 valence electrons. The zero-order valence-electron chi connectivity index (χ0n) is 15.1. The molecule has 0 atom stereocenters. The number of fused-ring (bicyclic) bond motifs is 1. The molecule has 1 aromatic heterocycles. The number of aromatic nitrogens is 1. The summed E-state index contributed by atoms with van der Waals surface area (Å²) in [4.78, 5) is 25.7. The summed E-state index contributed by atoms with van der Waals surface area (Å²) in [6.07, 6.45) is 2.47. The minimum absolute atomic E-state index is 0.0955. The van der Waals surface area contributed by atoms with Crippen LogP contribution in [0.5, 0.6) is 0 Å². The molecule has 0 saturated carbocycles. The molecule has 2 aromatic carbocycles. The quantitative estimate of drug-likeness (QED) is 0.744. The van der Waals surface area contributed by atoms with Crippen molar-refractivity contribution >= 4 is 22.7 Å². The minimum Gasteiger partial charge on any atom is -0.355 e. The second-order valence-electron chi connectivity index (χ2n) is 6.34. The van der Waals surface area contributed by atoms with Crippen molar-refractivity contribution in [3.63, 3.8) is 0 Å². The first kappa shape index (κ1) is 17.7. The highest BCUT2D eigenvalue weighted by atomic mass is 16.2. The van der Waals surface area contributed by atoms with E-state index in [9.17, 15) is 9.59 Å². The molecule has 0 radical (unpaired) electrons. The molecule has 0 aliphatic rings. The summed E-state index contributed by atoms with van der Waals surface area (Å²) in [6.45, 7) is 1.19. The summed E-state index contributed by atoms with van der Waals surface area (Å²) < 4.78 is 2.11. The maximum Gasteiger partial charge on any atom is 0.251 e. The number of benzene rings is 2. The van der Waals surface area contributed by atoms with E-state index in [1.165, 1.54) is 5.39 Å². The van der Waals surface area contributed by atoms with Crippen molar-refractivity contribution in [1.29, 1.82) is 0 Å². The van der Waals surface area contributed by atoms with Gasteiger partial charge in [-0.3, -0.25) is 9.59 Å². The van der Waals surface area contributed by atoms with E-state index in [2.05, 4.69) is 28.1 Å². The smallest absolute Gasteiger partial charge is 0.251 e. The largest absolute Gasteiger partial charge is 0.355 e. The van der Waals surface area contributed by atoms with Crippen LogP contribution in [0.25, 0.3) is 10.9 Å². The molecule has 0 aliphatic heterocycles. The Kier molecular flexibility index (Phi) is 5.37. The molecule has 26 heavy (non-hydrogen) atoms. The highest BCUT2D eigenvalue weighted by Gasteiger charge is 2.11. The van der Waals surface area contributed by atoms with E-state index in [4.69, 9.17) is 0 Å². The number of aryl methyl sites for hydroxylation is 1. The molecule has 0 unspecified atom stereocenters. The Morgan fingerprint density at radius 3 is 2.50 bits per heavy atom. The summed E-state index contributed by atoms with van der Waals surface area (Å²) in [6, 6.07) is 17.5. The molecule has 0 fully saturated rings. The Labute approximate surface area is 153 Å². The Hall–Kier alpha value is -3.08. The lowest BCUT2D eigenvalue weighted by Crippen LogP contribution is -2.27. The van der Waals surface area contributed by atoms with E-state index in [1.807, 2.05) is 37.5 Å². The topological polar surface area (TPSA) is 54.3 Å². The fourth-order valence-electron chi connectivity index (χ4n) is 3.01. The lowest BCUT2D eigenvalue weighted by Gasteiger charge is -2.18. The SMILES string of the molecule is CNC(=O)c1ccc(CN(C)C(=O)CCn2ccc3ccccc32)cc1. The van der Waals surface area contributed by atoms with Crippen molar-refractivity contribution < 1.29 is 9.59 Å². The first-order valence-electron chi connectivity index (χ1n) is 8.67. The van der Waals surface area contributed by atoms with Crippen LogP contribution in [0.15, 0.2) is 60.8 Å². The van der Waals surface area contributed by atoms with Gasteiger partial charge in [0.25, 0.3) is 5.91 Å². The fourth-order valence-corrected chi connectivity index (χ4v) is 3.01. The van der Waals surface area contributed by atoms with Gasteiger partial charge < -0.3 is 14.8 Å². The van der Waals surface area contributed by atoms with E-state index < -0.39 is 0 Å². The maximum atomic E-state index is 12.4. The Bertz CT molecular complexity index is 912. The van der Waals surface area contributed by atoms with Gasteiger partial charge in [0.2, 0.25) is 5.91 Å². The van der Waals surface area contributed by atoms with Gasteiger partial charge in [0, 0.05) is 50.9 Å². The van der Waals surface area contributed by atoms with Crippen LogP contribution in [-0.2, 0) is 17.9 Å². The molecule has 0 bridgehead atoms. The van der Waals surface area contributed by atoms with E-state index in [-0.39, 0.29) is 11.8 Å². The predicted octanol–water partition coefficient (Wildman–Crippen LogP) is 3.05. The third kappa shape index (κ3) is 3.94. The van der Waals surface area contributed by atoms with Crippen molar-refractivity contribution in [2.45, 2.75) is 19.5 Å². The van der Waals surface area contributed by atoms with Gasteiger partial charge in [0.15, 0.2) is 0 Å². The zero-order chi connectivity index (χ0) is 18.5. The van der Waals surface area contributed by atoms with Crippen LogP contribution < -0.4 is 5.32 Å². The molecule has 0 saturated heterocycles. The molecular formula is C21H23N3O2. The lowest BCUT2D eigenvalue weighted by molar-refractivity contribution is -0.130. The summed E-state index contributed by atoms with van der Waals surface area (Å²) in [5.41, 5.74) is 2.76. The number of amides is 2. The standard InChI is InChI=1S/C21H23N3O2/c1-22-21(26)18-9-7-16(8-10-18)15-23(2)20(25)12-14-24-13-11-17-5-3-4-6-19(17)24/h3-11,13H,12,14-15H2,1-2H3,(H,22,26). The van der Waals surface area contributed by atoms with Gasteiger partial charge in [0.1, 0.15) is 0 Å². The highest BCUT2D eigenvalue weighted by Crippen LogP contribution is 2.16. The summed E-state index contributed by atoms with van der Waals surface area (Å²) in [5, 5.41) is 3.78. The van der Waals surface area contributed by atoms with Crippen LogP contribution in [0.3, 0.4) is 0 Å². The second-order valence-corrected chi connectivity index (χ2v) is 6.34. The van der Waals surface area contributed by atoms with Crippen LogP contribution in [-0.4, -0.2) is 35.4 Å². The molecule has 3 rings (SSSR count). The average molecular weight is 349 g/mol. The zero-order valence-corrected chi connectivity index (χ0v) is 15.1. The number of nitrogens with zero attached hydrogens (tertiary/aromatic N) is 2. The van der Waals surface area contributed by atoms with E-state index >= 15 is 0 Å². The Morgan fingerprint density at radius 1 is 1.04 bits per heavy atom. The van der Waals surface area contributed by atoms with Crippen molar-refractivity contribution in [3.05, 3.63) is 71.9 Å². The number of nitrogens with one attached hydrogen (secondary N) is 1. The van der Waals surface area contributed by atoms with E-state index in [0.29, 0.717) is 25.1 Å². The summed E-state index contributed by atoms with van der Waals surface area (Å²) in [5.74, 6) is -0.0157. The first-order chi connectivity index (χ1) is 12.6. The number of hydrogen-bond acceptors (Lipinski definition) is 2. The number of rotatable bonds is 6. The van der Waals surface area contributed by atoms with Crippen LogP contribution in [0, 0.1) is 0 Å². The molecule has 2 amide bonds. The van der Waals surface area contributed by atoms with Gasteiger partial charge in [-0.05, 0) is 35.2 Å². The Balaban J connectivity index is 1.57. The normalized spacial score (nSPS) is 10.7. The summed E-state index contributed by atoms with van der Waals surface area (Å²) in [7, 11) is 3.42. The molecule has 0 spiro atoms. The van der Waals surface area contributed by atoms with Crippen LogP contribution in [0.1, 0.15) is 22.3 Å². The van der Waals surface area contributed by atoms with E-state index in [0.717, 1.165) is 11.1 Å². The molecule has 5 nitrogen and oxygen atoms in total. The molecule has 1 heterocycles. The van der Waals surface area contributed by atoms with Gasteiger partial charge in [-0.15, -0.1) is 0 Å². The first-order valence-corrected chi connectivity index (χ1v) is 8.67. The number of hydrogen-bond donors (Lipinski definition) is 1. The van der Waals surface area contributed by atoms with Crippen LogP contribution >= 0.6 is 0 Å². The van der Waals surface area contributed by atoms with Crippen molar-refractivity contribution in [2.24, 2.45) is 0 Å². The highest BCUT2D eigenvalue weighted by molar-refractivity contribution is 5.93. The monoisotopic (exact) mass is 349 g/mol. The van der Waals surface area contributed by atoms with Gasteiger partial charge >= 0.3 is 0 Å². The van der Waals surface area contributed by atoms with Crippen molar-refractivity contribution in [2.75, 3.05) is 14.1 Å². The lowest BCUT2D eigenvalue weighted by atomic mass is 10.1. The van der Waals surface area contributed by atoms with Crippen molar-refractivity contribution in [1.82, 2.24) is 14.8 Å². The molecule has 5 heteroatoms. The predicted molar refractivity (Wildman–Crippen MR) is 103 cm³/mol. The minimum atomic E-state index is -0.111. The fraction of sp³-hybridized carbons (Fsp3) is 0.238. The Morgan fingerprint density at radius 2 is 1.77 bits per heavy atom. The second kappa shape index (κ2) is 7.87. The van der Waals surface area contributed by atoms with Crippen LogP contribution in [0.4, 0.5) is 0 Å². The van der Waals surface area contributed by atoms with Gasteiger partial charge in [-0.1, -0.05) is 30.3 Å². The van der Waals surface area contributed by atoms with Crippen molar-refractivity contribution in [3.8, 4) is 0 Å². The summed E-state index contributed by atoms with van der Waals surface area (Å²) >= 11 is 0. The molecular weight excluding hydrogens is 326 g/mol. The number of carbonyl (C=O) groups is 2. The van der Waals surface area contributed by atoms with Gasteiger partial charge in [-0.2, -0.15) is 0 Å². The number of carbonyl (C=O) groups excluding carboxylic acids is 2. The van der Waals surface area contributed by atoms with Gasteiger partial charge in [-0.25, -0.2) is 0 Å². The van der Waals surface area contributed by atoms with E-state index in [1.54, 1.807) is 24.1 Å². The van der Waals surface area contributed by atoms with Gasteiger partial charge in [0.05, 0.1) is 0 Å². The third-order valence-corrected chi connectivity index (χ3v) is 4.54. The van der Waals surface area contributed by atoms with Crippen LogP contribution in [0.2, 0.25) is 0 Å². The molecule has 1 N–H and O–H groups in total. The molecule has 3 aromatic rings.